The van der Waals surface area contributed by atoms with Crippen LogP contribution in [0.5, 0.6) is 0 Å². The Kier molecular flexibility index (Phi) is 10.4. The molecule has 0 aromatic heterocycles. The van der Waals surface area contributed by atoms with Gasteiger partial charge in [0.05, 0.1) is 0 Å². The molecular formula is C8H22N2O11P3+. The van der Waals surface area contributed by atoms with E-state index in [2.05, 4.69) is 9.05 Å². The third-order valence-corrected chi connectivity index (χ3v) is 6.00. The van der Waals surface area contributed by atoms with Gasteiger partial charge < -0.3 is 41.3 Å². The molecule has 0 amide bonds. The zero-order chi connectivity index (χ0) is 19.1. The van der Waals surface area contributed by atoms with Gasteiger partial charge >= 0.3 is 23.4 Å². The third-order valence-electron chi connectivity index (χ3n) is 2.58. The summed E-state index contributed by atoms with van der Waals surface area (Å²) in [6.07, 6.45) is -4.32. The number of aliphatic hydroxyl groups is 2. The Bertz CT molecular complexity index is 448. The Morgan fingerprint density at radius 1 is 0.792 bits per heavy atom. The highest BCUT2D eigenvalue weighted by molar-refractivity contribution is 7.53. The molecule has 0 heterocycles. The average Bonchev–Trinajstić information content (AvgIpc) is 2.36. The van der Waals surface area contributed by atoms with Crippen LogP contribution in [0.3, 0.4) is 0 Å². The van der Waals surface area contributed by atoms with Crippen LogP contribution in [0, 0.1) is 0 Å². The van der Waals surface area contributed by atoms with E-state index in [9.17, 15) is 13.7 Å². The Labute approximate surface area is 138 Å². The predicted molar refractivity (Wildman–Crippen MR) is 80.3 cm³/mol. The molecule has 4 unspecified atom stereocenters. The third kappa shape index (κ3) is 10.9. The first-order valence-corrected chi connectivity index (χ1v) is 11.0. The van der Waals surface area contributed by atoms with Crippen LogP contribution in [-0.2, 0) is 22.7 Å². The second-order valence-corrected chi connectivity index (χ2v) is 9.19. The fraction of sp³-hybridized carbons (Fsp3) is 1.00. The van der Waals surface area contributed by atoms with Gasteiger partial charge in [-0.05, 0) is 25.7 Å². The Morgan fingerprint density at radius 2 is 1.08 bits per heavy atom. The van der Waals surface area contributed by atoms with Crippen LogP contribution >= 0.6 is 23.4 Å². The van der Waals surface area contributed by atoms with Crippen LogP contribution < -0.4 is 11.5 Å². The number of rotatable bonds is 12. The minimum atomic E-state index is -4.91. The Hall–Kier alpha value is 0.160. The van der Waals surface area contributed by atoms with Gasteiger partial charge in [0, 0.05) is 4.57 Å². The second kappa shape index (κ2) is 10.3. The lowest BCUT2D eigenvalue weighted by atomic mass is 10.3. The Morgan fingerprint density at radius 3 is 1.29 bits per heavy atom. The fourth-order valence-electron chi connectivity index (χ4n) is 1.41. The number of hydrogen-bond acceptors (Lipinski definition) is 9. The molecule has 4 atom stereocenters. The average molecular weight is 415 g/mol. The van der Waals surface area contributed by atoms with Crippen molar-refractivity contribution in [1.29, 1.82) is 0 Å². The molecule has 0 aliphatic carbocycles. The maximum Gasteiger partial charge on any atom is 0.699 e. The van der Waals surface area contributed by atoms with Crippen molar-refractivity contribution in [2.24, 2.45) is 11.5 Å². The van der Waals surface area contributed by atoms with Crippen molar-refractivity contribution in [3.8, 4) is 0 Å². The second-order valence-electron chi connectivity index (χ2n) is 4.81. The van der Waals surface area contributed by atoms with Crippen LogP contribution in [0.2, 0.25) is 0 Å². The van der Waals surface area contributed by atoms with Gasteiger partial charge in [-0.15, -0.1) is 9.05 Å². The molecule has 0 aliphatic heterocycles. The zero-order valence-corrected chi connectivity index (χ0v) is 15.0. The fourth-order valence-corrected chi connectivity index (χ4v) is 4.49. The lowest BCUT2D eigenvalue weighted by Crippen LogP contribution is -2.23. The van der Waals surface area contributed by atoms with Gasteiger partial charge in [0.15, 0.2) is 0 Å². The van der Waals surface area contributed by atoms with Crippen molar-refractivity contribution in [3.05, 3.63) is 0 Å². The number of nitrogens with two attached hydrogens (primary N) is 2. The van der Waals surface area contributed by atoms with Crippen molar-refractivity contribution in [3.63, 3.8) is 0 Å². The first-order valence-electron chi connectivity index (χ1n) is 6.52. The van der Waals surface area contributed by atoms with Gasteiger partial charge in [0.2, 0.25) is 11.7 Å². The molecular weight excluding hydrogens is 393 g/mol. The predicted octanol–water partition coefficient (Wildman–Crippen LogP) is -1.20. The molecule has 0 radical (unpaired) electrons. The first kappa shape index (κ1) is 24.2. The van der Waals surface area contributed by atoms with Crippen molar-refractivity contribution in [2.45, 2.75) is 49.8 Å². The van der Waals surface area contributed by atoms with Gasteiger partial charge in [-0.25, -0.2) is 0 Å². The molecule has 0 spiro atoms. The molecule has 0 bridgehead atoms. The highest BCUT2D eigenvalue weighted by atomic mass is 31.2. The molecule has 0 aromatic rings. The number of aliphatic hydroxyl groups excluding tert-OH is 2. The topological polar surface area (TPSA) is 243 Å². The van der Waals surface area contributed by atoms with Gasteiger partial charge in [0.25, 0.3) is 0 Å². The summed E-state index contributed by atoms with van der Waals surface area (Å²) in [7, 11) is -13.1. The molecule has 0 saturated carbocycles. The van der Waals surface area contributed by atoms with E-state index in [0.29, 0.717) is 0 Å². The molecule has 0 saturated heterocycles. The molecule has 10 N–H and O–H groups in total. The van der Waals surface area contributed by atoms with Gasteiger partial charge in [-0.3, -0.25) is 9.13 Å². The molecule has 16 heteroatoms. The van der Waals surface area contributed by atoms with Gasteiger partial charge in [-0.2, -0.15) is 0 Å². The molecule has 0 fully saturated rings. The molecule has 144 valence electrons. The van der Waals surface area contributed by atoms with Crippen molar-refractivity contribution in [1.82, 2.24) is 0 Å². The van der Waals surface area contributed by atoms with Gasteiger partial charge in [-0.1, -0.05) is 0 Å². The van der Waals surface area contributed by atoms with Crippen molar-refractivity contribution >= 4 is 23.4 Å². The van der Waals surface area contributed by atoms with E-state index in [1.54, 1.807) is 0 Å². The van der Waals surface area contributed by atoms with Crippen LogP contribution in [0.25, 0.3) is 0 Å². The summed E-state index contributed by atoms with van der Waals surface area (Å²) in [5, 5.41) is 17.8. The molecule has 0 aliphatic rings. The molecule has 24 heavy (non-hydrogen) atoms. The number of hydrogen-bond donors (Lipinski definition) is 8. The van der Waals surface area contributed by atoms with Gasteiger partial charge in [0.1, 0.15) is 12.5 Å². The van der Waals surface area contributed by atoms with Crippen LogP contribution in [0.1, 0.15) is 25.7 Å². The monoisotopic (exact) mass is 415 g/mol. The van der Waals surface area contributed by atoms with E-state index < -0.39 is 60.4 Å². The first-order chi connectivity index (χ1) is 10.7. The van der Waals surface area contributed by atoms with Crippen LogP contribution in [-0.4, -0.2) is 53.9 Å². The summed E-state index contributed by atoms with van der Waals surface area (Å²) >= 11 is 0. The van der Waals surface area contributed by atoms with E-state index in [1.807, 2.05) is 0 Å². The maximum absolute atomic E-state index is 11.7. The van der Waals surface area contributed by atoms with E-state index >= 15 is 0 Å². The smallest absolute Gasteiger partial charge is 0.379 e. The maximum atomic E-state index is 11.7. The highest BCUT2D eigenvalue weighted by Crippen LogP contribution is 2.52. The summed E-state index contributed by atoms with van der Waals surface area (Å²) in [6.45, 7) is 0. The zero-order valence-electron chi connectivity index (χ0n) is 12.4. The summed E-state index contributed by atoms with van der Waals surface area (Å²) in [5.41, 5.74) is 10.0. The largest absolute Gasteiger partial charge is 0.699 e. The van der Waals surface area contributed by atoms with Crippen LogP contribution in [0.4, 0.5) is 0 Å². The quantitative estimate of drug-likeness (QED) is 0.138. The lowest BCUT2D eigenvalue weighted by Gasteiger charge is -2.15. The summed E-state index contributed by atoms with van der Waals surface area (Å²) in [5.74, 6) is -3.89. The minimum absolute atomic E-state index is 0.291. The van der Waals surface area contributed by atoms with E-state index in [4.69, 9.17) is 41.3 Å². The van der Waals surface area contributed by atoms with E-state index in [-0.39, 0.29) is 12.8 Å². The van der Waals surface area contributed by atoms with E-state index in [0.717, 1.165) is 0 Å². The minimum Gasteiger partial charge on any atom is -0.379 e. The molecule has 0 aromatic carbocycles. The summed E-state index contributed by atoms with van der Waals surface area (Å²) in [4.78, 5) is 36.3. The molecule has 0 rings (SSSR count). The van der Waals surface area contributed by atoms with Crippen LogP contribution in [0.15, 0.2) is 0 Å². The van der Waals surface area contributed by atoms with E-state index in [1.165, 1.54) is 0 Å². The summed E-state index contributed by atoms with van der Waals surface area (Å²) in [6, 6.07) is 0. The lowest BCUT2D eigenvalue weighted by molar-refractivity contribution is 0.117. The highest BCUT2D eigenvalue weighted by Gasteiger charge is 2.44. The molecule has 13 nitrogen and oxygen atoms in total. The van der Waals surface area contributed by atoms with Crippen molar-refractivity contribution < 1.29 is 52.5 Å². The Balaban J connectivity index is 4.88. The summed E-state index contributed by atoms with van der Waals surface area (Å²) < 4.78 is 43.2. The normalized spacial score (nSPS) is 18.8. The SMILES string of the molecule is NC(O)CCC(O[P+](=O)OC(CCC(N)O)P(=O)(O)O)P(=O)(O)O. The standard InChI is InChI=1S/C8H21N2O11P3/c9-5(11)1-3-7(23(14,15)16)20-22(13)21-8(24(17,18)19)4-2-6(10)12/h5-8,11-12H,1-4,9-10H2,(H3-,14,15,16,17,18,19)/p+1. The van der Waals surface area contributed by atoms with Crippen molar-refractivity contribution in [2.75, 3.05) is 0 Å².